The third-order valence-electron chi connectivity index (χ3n) is 5.33. The maximum absolute atomic E-state index is 12.4. The second-order valence-corrected chi connectivity index (χ2v) is 6.47. The Morgan fingerprint density at radius 1 is 1.10 bits per heavy atom. The Hall–Kier alpha value is -1.91. The molecule has 1 heterocycles. The Balaban J connectivity index is 1.49. The van der Waals surface area contributed by atoms with Crippen molar-refractivity contribution in [3.63, 3.8) is 0 Å². The van der Waals surface area contributed by atoms with E-state index in [1.807, 2.05) is 18.2 Å². The third-order valence-corrected chi connectivity index (χ3v) is 5.33. The topological polar surface area (TPSA) is 66.5 Å². The summed E-state index contributed by atoms with van der Waals surface area (Å²) in [5.74, 6) is -0.930. The zero-order valence-corrected chi connectivity index (χ0v) is 11.7. The lowest BCUT2D eigenvalue weighted by Gasteiger charge is -2.22. The molecular weight excluding hydrogens is 268 g/mol. The lowest BCUT2D eigenvalue weighted by atomic mass is 9.85. The van der Waals surface area contributed by atoms with Crippen molar-refractivity contribution in [1.29, 1.82) is 0 Å². The molecule has 0 aromatic carbocycles. The Morgan fingerprint density at radius 2 is 1.76 bits per heavy atom. The van der Waals surface area contributed by atoms with Gasteiger partial charge in [0.05, 0.1) is 11.8 Å². The molecule has 1 saturated carbocycles. The maximum atomic E-state index is 12.4. The van der Waals surface area contributed by atoms with Gasteiger partial charge in [0.2, 0.25) is 5.91 Å². The van der Waals surface area contributed by atoms with Crippen LogP contribution >= 0.6 is 0 Å². The van der Waals surface area contributed by atoms with E-state index in [1.165, 1.54) is 0 Å². The second-order valence-electron chi connectivity index (χ2n) is 6.47. The van der Waals surface area contributed by atoms with E-state index in [9.17, 15) is 14.4 Å². The van der Waals surface area contributed by atoms with Crippen molar-refractivity contribution in [2.45, 2.75) is 25.7 Å². The van der Waals surface area contributed by atoms with E-state index in [2.05, 4.69) is 11.5 Å². The van der Waals surface area contributed by atoms with E-state index in [1.54, 1.807) is 0 Å². The van der Waals surface area contributed by atoms with Crippen LogP contribution in [0.1, 0.15) is 25.7 Å². The average Bonchev–Trinajstić information content (AvgIpc) is 3.18. The summed E-state index contributed by atoms with van der Waals surface area (Å²) >= 11 is 0. The molecule has 2 bridgehead atoms. The van der Waals surface area contributed by atoms with E-state index in [0.29, 0.717) is 6.42 Å². The molecule has 0 unspecified atom stereocenters. The molecule has 110 valence electrons. The minimum atomic E-state index is -0.251. The van der Waals surface area contributed by atoms with Crippen LogP contribution in [0.25, 0.3) is 0 Å². The Morgan fingerprint density at radius 3 is 2.33 bits per heavy atom. The fraction of sp³-hybridized carbons (Fsp3) is 0.562. The number of hydrazine groups is 1. The normalized spacial score (nSPS) is 40.0. The van der Waals surface area contributed by atoms with E-state index in [4.69, 9.17) is 0 Å². The summed E-state index contributed by atoms with van der Waals surface area (Å²) in [7, 11) is 0. The number of rotatable bonds is 2. The summed E-state index contributed by atoms with van der Waals surface area (Å²) in [4.78, 5) is 37.1. The fourth-order valence-electron chi connectivity index (χ4n) is 4.25. The largest absolute Gasteiger partial charge is 0.273 e. The van der Waals surface area contributed by atoms with E-state index < -0.39 is 0 Å². The standard InChI is InChI=1S/C16H18N2O3/c19-14(9-4-2-1-3-5-9)17-18-15(20)12-10-6-7-11(8-10)13(12)16(18)21/h1-2,6-7,9-13H,3-5,8H2,(H,17,19)/t9-,10-,11-,12-,13+/m0/s1. The van der Waals surface area contributed by atoms with Crippen LogP contribution in [0.5, 0.6) is 0 Å². The van der Waals surface area contributed by atoms with Gasteiger partial charge < -0.3 is 0 Å². The molecule has 5 heteroatoms. The highest BCUT2D eigenvalue weighted by Crippen LogP contribution is 2.52. The van der Waals surface area contributed by atoms with Crippen LogP contribution in [0.4, 0.5) is 0 Å². The van der Waals surface area contributed by atoms with Crippen LogP contribution in [0.2, 0.25) is 0 Å². The molecule has 2 fully saturated rings. The number of hydrogen-bond donors (Lipinski definition) is 1. The Bertz CT molecular complexity index is 550. The van der Waals surface area contributed by atoms with Gasteiger partial charge in [-0.05, 0) is 37.5 Å². The molecule has 3 aliphatic carbocycles. The number of hydrogen-bond acceptors (Lipinski definition) is 3. The Kier molecular flexibility index (Phi) is 2.77. The van der Waals surface area contributed by atoms with Crippen LogP contribution in [0, 0.1) is 29.6 Å². The van der Waals surface area contributed by atoms with Crippen LogP contribution in [0.15, 0.2) is 24.3 Å². The highest BCUT2D eigenvalue weighted by molar-refractivity contribution is 6.07. The lowest BCUT2D eigenvalue weighted by molar-refractivity contribution is -0.151. The number of allylic oxidation sites excluding steroid dienone is 4. The summed E-state index contributed by atoms with van der Waals surface area (Å²) in [6, 6.07) is 0. The van der Waals surface area contributed by atoms with Gasteiger partial charge in [0, 0.05) is 5.92 Å². The van der Waals surface area contributed by atoms with Crippen molar-refractivity contribution in [2.75, 3.05) is 0 Å². The van der Waals surface area contributed by atoms with Gasteiger partial charge in [-0.25, -0.2) is 0 Å². The number of nitrogens with one attached hydrogen (secondary N) is 1. The number of amides is 3. The predicted octanol–water partition coefficient (Wildman–Crippen LogP) is 1.18. The third kappa shape index (κ3) is 1.79. The number of carbonyl (C=O) groups is 3. The summed E-state index contributed by atoms with van der Waals surface area (Å²) in [5, 5.41) is 1.00. The predicted molar refractivity (Wildman–Crippen MR) is 74.2 cm³/mol. The molecule has 0 aromatic heterocycles. The van der Waals surface area contributed by atoms with Gasteiger partial charge in [-0.15, -0.1) is 0 Å². The fourth-order valence-corrected chi connectivity index (χ4v) is 4.25. The quantitative estimate of drug-likeness (QED) is 0.612. The first-order valence-corrected chi connectivity index (χ1v) is 7.68. The van der Waals surface area contributed by atoms with Crippen LogP contribution in [0.3, 0.4) is 0 Å². The van der Waals surface area contributed by atoms with Gasteiger partial charge >= 0.3 is 0 Å². The Labute approximate surface area is 123 Å². The first-order valence-electron chi connectivity index (χ1n) is 7.68. The SMILES string of the molecule is O=C(NN1C(=O)[C@@H]2[C@H](C1=O)[C@H]1C=C[C@H]2C1)[C@H]1CC=CCC1. The van der Waals surface area contributed by atoms with Gasteiger partial charge in [-0.3, -0.25) is 19.8 Å². The van der Waals surface area contributed by atoms with Crippen LogP contribution in [-0.2, 0) is 14.4 Å². The zero-order chi connectivity index (χ0) is 14.6. The summed E-state index contributed by atoms with van der Waals surface area (Å²) < 4.78 is 0. The van der Waals surface area contributed by atoms with Gasteiger partial charge in [-0.1, -0.05) is 24.3 Å². The van der Waals surface area contributed by atoms with Crippen molar-refractivity contribution in [2.24, 2.45) is 29.6 Å². The first-order chi connectivity index (χ1) is 10.2. The van der Waals surface area contributed by atoms with Crippen molar-refractivity contribution >= 4 is 17.7 Å². The highest BCUT2D eigenvalue weighted by atomic mass is 16.2. The van der Waals surface area contributed by atoms with Gasteiger partial charge in [-0.2, -0.15) is 5.01 Å². The summed E-state index contributed by atoms with van der Waals surface area (Å²) in [6.07, 6.45) is 11.4. The van der Waals surface area contributed by atoms with Gasteiger partial charge in [0.1, 0.15) is 0 Å². The van der Waals surface area contributed by atoms with Crippen LogP contribution < -0.4 is 5.43 Å². The van der Waals surface area contributed by atoms with Crippen molar-refractivity contribution in [3.05, 3.63) is 24.3 Å². The van der Waals surface area contributed by atoms with Crippen molar-refractivity contribution in [1.82, 2.24) is 10.4 Å². The van der Waals surface area contributed by atoms with E-state index in [0.717, 1.165) is 24.3 Å². The number of imide groups is 1. The number of carbonyl (C=O) groups excluding carboxylic acids is 3. The van der Waals surface area contributed by atoms with E-state index in [-0.39, 0.29) is 47.3 Å². The molecule has 21 heavy (non-hydrogen) atoms. The molecule has 4 rings (SSSR count). The minimum absolute atomic E-state index is 0.133. The molecule has 0 spiro atoms. The van der Waals surface area contributed by atoms with Crippen LogP contribution in [-0.4, -0.2) is 22.7 Å². The average molecular weight is 286 g/mol. The molecule has 0 aromatic rings. The van der Waals surface area contributed by atoms with E-state index >= 15 is 0 Å². The molecule has 0 radical (unpaired) electrons. The zero-order valence-electron chi connectivity index (χ0n) is 11.7. The molecule has 5 atom stereocenters. The minimum Gasteiger partial charge on any atom is -0.273 e. The monoisotopic (exact) mass is 286 g/mol. The lowest BCUT2D eigenvalue weighted by Crippen LogP contribution is -2.49. The smallest absolute Gasteiger partial charge is 0.252 e. The molecule has 4 aliphatic rings. The van der Waals surface area contributed by atoms with Gasteiger partial charge in [0.25, 0.3) is 11.8 Å². The molecule has 3 amide bonds. The number of nitrogens with zero attached hydrogens (tertiary/aromatic N) is 1. The molecular formula is C16H18N2O3. The number of fused-ring (bicyclic) bond motifs is 5. The molecule has 1 aliphatic heterocycles. The molecule has 5 nitrogen and oxygen atoms in total. The second kappa shape index (κ2) is 4.55. The summed E-state index contributed by atoms with van der Waals surface area (Å²) in [6.45, 7) is 0. The highest BCUT2D eigenvalue weighted by Gasteiger charge is 2.59. The van der Waals surface area contributed by atoms with Crippen molar-refractivity contribution in [3.8, 4) is 0 Å². The van der Waals surface area contributed by atoms with Gasteiger partial charge in [0.15, 0.2) is 0 Å². The maximum Gasteiger partial charge on any atom is 0.252 e. The first kappa shape index (κ1) is 12.8. The summed E-state index contributed by atoms with van der Waals surface area (Å²) in [5.41, 5.74) is 2.58. The van der Waals surface area contributed by atoms with Crippen molar-refractivity contribution < 1.29 is 14.4 Å². The molecule has 1 saturated heterocycles. The molecule has 1 N–H and O–H groups in total.